The molecular formula is C28H27FN2O6. The first-order valence-corrected chi connectivity index (χ1v) is 11.2. The SMILES string of the molecule is COc1cc(/C=C(/C(=O)NCc2ccc(/C=C/C(=O)NO)cc2)c2ccccc2F)cc(OC)c1OC. The van der Waals surface area contributed by atoms with E-state index in [1.54, 1.807) is 54.6 Å². The lowest BCUT2D eigenvalue weighted by molar-refractivity contribution is -0.124. The van der Waals surface area contributed by atoms with Crippen LogP contribution in [0, 0.1) is 5.82 Å². The minimum Gasteiger partial charge on any atom is -0.493 e. The molecule has 0 unspecified atom stereocenters. The minimum atomic E-state index is -0.643. The lowest BCUT2D eigenvalue weighted by Crippen LogP contribution is -2.24. The number of benzene rings is 3. The summed E-state index contributed by atoms with van der Waals surface area (Å²) in [6, 6.07) is 16.4. The molecule has 0 aliphatic rings. The van der Waals surface area contributed by atoms with Gasteiger partial charge >= 0.3 is 0 Å². The van der Waals surface area contributed by atoms with Crippen LogP contribution in [0.15, 0.2) is 66.7 Å². The van der Waals surface area contributed by atoms with Crippen molar-refractivity contribution in [2.45, 2.75) is 6.54 Å². The summed E-state index contributed by atoms with van der Waals surface area (Å²) in [7, 11) is 4.46. The monoisotopic (exact) mass is 506 g/mol. The molecule has 192 valence electrons. The van der Waals surface area contributed by atoms with Gasteiger partial charge in [0.25, 0.3) is 11.8 Å². The van der Waals surface area contributed by atoms with Crippen molar-refractivity contribution in [1.82, 2.24) is 10.8 Å². The molecule has 0 aliphatic carbocycles. The highest BCUT2D eigenvalue weighted by Crippen LogP contribution is 2.39. The predicted molar refractivity (Wildman–Crippen MR) is 138 cm³/mol. The number of rotatable bonds is 10. The molecule has 0 atom stereocenters. The Morgan fingerprint density at radius 1 is 0.919 bits per heavy atom. The highest BCUT2D eigenvalue weighted by Gasteiger charge is 2.18. The fourth-order valence-corrected chi connectivity index (χ4v) is 3.53. The number of carbonyl (C=O) groups excluding carboxylic acids is 2. The van der Waals surface area contributed by atoms with Crippen molar-refractivity contribution in [1.29, 1.82) is 0 Å². The third-order valence-electron chi connectivity index (χ3n) is 5.38. The van der Waals surface area contributed by atoms with Crippen LogP contribution in [0.4, 0.5) is 4.39 Å². The van der Waals surface area contributed by atoms with Crippen LogP contribution in [0.3, 0.4) is 0 Å². The maximum atomic E-state index is 14.7. The molecular weight excluding hydrogens is 479 g/mol. The summed E-state index contributed by atoms with van der Waals surface area (Å²) in [5.41, 5.74) is 3.83. The van der Waals surface area contributed by atoms with Gasteiger partial charge in [-0.15, -0.1) is 0 Å². The fraction of sp³-hybridized carbons (Fsp3) is 0.143. The smallest absolute Gasteiger partial charge is 0.267 e. The zero-order chi connectivity index (χ0) is 26.8. The Bertz CT molecular complexity index is 1290. The second-order valence-electron chi connectivity index (χ2n) is 7.73. The zero-order valence-corrected chi connectivity index (χ0v) is 20.6. The van der Waals surface area contributed by atoms with Gasteiger partial charge in [-0.2, -0.15) is 0 Å². The van der Waals surface area contributed by atoms with E-state index in [0.29, 0.717) is 22.8 Å². The highest BCUT2D eigenvalue weighted by molar-refractivity contribution is 6.24. The Balaban J connectivity index is 1.90. The normalized spacial score (nSPS) is 11.2. The van der Waals surface area contributed by atoms with Crippen molar-refractivity contribution < 1.29 is 33.4 Å². The first-order chi connectivity index (χ1) is 17.9. The molecule has 8 nitrogen and oxygen atoms in total. The van der Waals surface area contributed by atoms with Crippen molar-refractivity contribution in [2.75, 3.05) is 21.3 Å². The van der Waals surface area contributed by atoms with Crippen LogP contribution in [0.1, 0.15) is 22.3 Å². The molecule has 3 N–H and O–H groups in total. The van der Waals surface area contributed by atoms with E-state index in [0.717, 1.165) is 11.1 Å². The van der Waals surface area contributed by atoms with E-state index in [4.69, 9.17) is 19.4 Å². The Labute approximate surface area is 213 Å². The van der Waals surface area contributed by atoms with Gasteiger partial charge in [-0.25, -0.2) is 9.87 Å². The second kappa shape index (κ2) is 12.9. The van der Waals surface area contributed by atoms with Gasteiger partial charge in [0.15, 0.2) is 11.5 Å². The van der Waals surface area contributed by atoms with E-state index >= 15 is 0 Å². The molecule has 0 fully saturated rings. The number of amides is 2. The number of hydroxylamine groups is 1. The third kappa shape index (κ3) is 6.96. The minimum absolute atomic E-state index is 0.113. The zero-order valence-electron chi connectivity index (χ0n) is 20.6. The quantitative estimate of drug-likeness (QED) is 0.165. The summed E-state index contributed by atoms with van der Waals surface area (Å²) in [4.78, 5) is 24.4. The number of ether oxygens (including phenoxy) is 3. The Hall–Kier alpha value is -4.63. The van der Waals surface area contributed by atoms with E-state index in [9.17, 15) is 14.0 Å². The van der Waals surface area contributed by atoms with Gasteiger partial charge in [0.1, 0.15) is 5.82 Å². The lowest BCUT2D eigenvalue weighted by atomic mass is 10.0. The molecule has 9 heteroatoms. The molecule has 0 radical (unpaired) electrons. The van der Waals surface area contributed by atoms with Crippen molar-refractivity contribution >= 4 is 29.5 Å². The van der Waals surface area contributed by atoms with Gasteiger partial charge in [-0.1, -0.05) is 42.5 Å². The number of nitrogens with one attached hydrogen (secondary N) is 2. The van der Waals surface area contributed by atoms with Crippen molar-refractivity contribution in [3.05, 3.63) is 94.8 Å². The summed E-state index contributed by atoms with van der Waals surface area (Å²) < 4.78 is 30.9. The maximum Gasteiger partial charge on any atom is 0.267 e. The molecule has 3 aromatic carbocycles. The summed E-state index contributed by atoms with van der Waals surface area (Å²) in [5.74, 6) is -0.480. The Kier molecular flexibility index (Phi) is 9.40. The van der Waals surface area contributed by atoms with E-state index in [-0.39, 0.29) is 17.7 Å². The predicted octanol–water partition coefficient (Wildman–Crippen LogP) is 4.23. The number of methoxy groups -OCH3 is 3. The summed E-state index contributed by atoms with van der Waals surface area (Å²) in [6.45, 7) is 0.182. The Morgan fingerprint density at radius 2 is 1.57 bits per heavy atom. The van der Waals surface area contributed by atoms with Crippen LogP contribution < -0.4 is 25.0 Å². The van der Waals surface area contributed by atoms with Gasteiger partial charge in [0, 0.05) is 18.2 Å². The maximum absolute atomic E-state index is 14.7. The van der Waals surface area contributed by atoms with Gasteiger partial charge in [0.2, 0.25) is 5.75 Å². The largest absolute Gasteiger partial charge is 0.493 e. The summed E-state index contributed by atoms with van der Waals surface area (Å²) in [6.07, 6.45) is 4.27. The average molecular weight is 507 g/mol. The molecule has 0 saturated carbocycles. The summed E-state index contributed by atoms with van der Waals surface area (Å²) in [5, 5.41) is 11.4. The standard InChI is InChI=1S/C28H27FN2O6/c1-35-24-15-20(16-25(36-2)27(24)37-3)14-22(21-6-4-5-7-23(21)29)28(33)30-17-19-10-8-18(9-11-19)12-13-26(32)31-34/h4-16,34H,17H2,1-3H3,(H,30,33)(H,31,32)/b13-12+,22-14+. The van der Waals surface area contributed by atoms with Crippen LogP contribution >= 0.6 is 0 Å². The molecule has 0 bridgehead atoms. The topological polar surface area (TPSA) is 106 Å². The van der Waals surface area contributed by atoms with Crippen LogP contribution in [0.25, 0.3) is 17.7 Å². The molecule has 0 aromatic heterocycles. The molecule has 3 rings (SSSR count). The molecule has 0 heterocycles. The molecule has 3 aromatic rings. The summed E-state index contributed by atoms with van der Waals surface area (Å²) >= 11 is 0. The third-order valence-corrected chi connectivity index (χ3v) is 5.38. The number of hydrogen-bond donors (Lipinski definition) is 3. The number of carbonyl (C=O) groups is 2. The van der Waals surface area contributed by atoms with E-state index < -0.39 is 17.6 Å². The van der Waals surface area contributed by atoms with Gasteiger partial charge in [0.05, 0.1) is 26.9 Å². The number of hydrogen-bond acceptors (Lipinski definition) is 6. The molecule has 2 amide bonds. The van der Waals surface area contributed by atoms with Crippen molar-refractivity contribution in [3.8, 4) is 17.2 Å². The Morgan fingerprint density at radius 3 is 2.14 bits per heavy atom. The molecule has 0 spiro atoms. The van der Waals surface area contributed by atoms with E-state index in [1.165, 1.54) is 51.1 Å². The van der Waals surface area contributed by atoms with Gasteiger partial charge < -0.3 is 19.5 Å². The van der Waals surface area contributed by atoms with Crippen LogP contribution in [0.5, 0.6) is 17.2 Å². The first-order valence-electron chi connectivity index (χ1n) is 11.2. The highest BCUT2D eigenvalue weighted by atomic mass is 19.1. The lowest BCUT2D eigenvalue weighted by Gasteiger charge is -2.14. The number of halogens is 1. The second-order valence-corrected chi connectivity index (χ2v) is 7.73. The van der Waals surface area contributed by atoms with Gasteiger partial charge in [-0.3, -0.25) is 14.8 Å². The fourth-order valence-electron chi connectivity index (χ4n) is 3.53. The molecule has 37 heavy (non-hydrogen) atoms. The van der Waals surface area contributed by atoms with Gasteiger partial charge in [-0.05, 0) is 47.0 Å². The van der Waals surface area contributed by atoms with Crippen molar-refractivity contribution in [2.24, 2.45) is 0 Å². The molecule has 0 saturated heterocycles. The average Bonchev–Trinajstić information content (AvgIpc) is 2.93. The van der Waals surface area contributed by atoms with E-state index in [2.05, 4.69) is 5.32 Å². The molecule has 0 aliphatic heterocycles. The first kappa shape index (κ1) is 27.0. The van der Waals surface area contributed by atoms with Crippen LogP contribution in [-0.4, -0.2) is 38.4 Å². The van der Waals surface area contributed by atoms with E-state index in [1.807, 2.05) is 0 Å². The van der Waals surface area contributed by atoms with Crippen molar-refractivity contribution in [3.63, 3.8) is 0 Å². The van der Waals surface area contributed by atoms with Crippen LogP contribution in [-0.2, 0) is 16.1 Å². The van der Waals surface area contributed by atoms with Crippen LogP contribution in [0.2, 0.25) is 0 Å².